The van der Waals surface area contributed by atoms with Gasteiger partial charge in [-0.05, 0) is 54.8 Å². The van der Waals surface area contributed by atoms with E-state index in [1.54, 1.807) is 17.0 Å². The van der Waals surface area contributed by atoms with Crippen molar-refractivity contribution in [1.82, 2.24) is 4.90 Å². The fourth-order valence-corrected chi connectivity index (χ4v) is 7.00. The van der Waals surface area contributed by atoms with Gasteiger partial charge in [-0.15, -0.1) is 11.8 Å². The average molecular weight is 490 g/mol. The molecule has 0 saturated carbocycles. The lowest BCUT2D eigenvalue weighted by Gasteiger charge is -2.35. The zero-order chi connectivity index (χ0) is 23.4. The van der Waals surface area contributed by atoms with E-state index in [0.29, 0.717) is 17.4 Å². The number of para-hydroxylation sites is 1. The maximum absolute atomic E-state index is 14.3. The van der Waals surface area contributed by atoms with Crippen molar-refractivity contribution in [3.63, 3.8) is 0 Å². The Bertz CT molecular complexity index is 1300. The summed E-state index contributed by atoms with van der Waals surface area (Å²) in [5, 5.41) is 0.254. The third-order valence-electron chi connectivity index (χ3n) is 6.96. The lowest BCUT2D eigenvalue weighted by molar-refractivity contribution is -0.124. The summed E-state index contributed by atoms with van der Waals surface area (Å²) < 4.78 is 0. The number of hydrogen-bond donors (Lipinski definition) is 0. The van der Waals surface area contributed by atoms with Gasteiger partial charge in [0.1, 0.15) is 0 Å². The highest BCUT2D eigenvalue weighted by Crippen LogP contribution is 2.57. The van der Waals surface area contributed by atoms with E-state index >= 15 is 0 Å². The minimum absolute atomic E-state index is 0.0646. The highest BCUT2D eigenvalue weighted by molar-refractivity contribution is 8.03. The molecule has 7 heteroatoms. The predicted octanol–water partition coefficient (Wildman–Crippen LogP) is 5.02. The summed E-state index contributed by atoms with van der Waals surface area (Å²) in [6.07, 6.45) is 0.964. The summed E-state index contributed by atoms with van der Waals surface area (Å²) in [7, 11) is 0. The summed E-state index contributed by atoms with van der Waals surface area (Å²) in [5.74, 6) is -0.130. The summed E-state index contributed by atoms with van der Waals surface area (Å²) in [5.41, 5.74) is 5.12. The third-order valence-corrected chi connectivity index (χ3v) is 8.69. The molecule has 0 radical (unpaired) electrons. The Morgan fingerprint density at radius 3 is 2.47 bits per heavy atom. The normalized spacial score (nSPS) is 24.1. The molecule has 0 N–H and O–H groups in total. The molecule has 34 heavy (non-hydrogen) atoms. The molecule has 1 saturated heterocycles. The SMILES string of the molecule is C[C@H]1S[C@]2(C(=O)N(CN3CCc4ccccc4C3)c3ccccc32)N(c2ccc(Cl)cc2)C1=O. The zero-order valence-electron chi connectivity index (χ0n) is 18.8. The number of carbonyl (C=O) groups excluding carboxylic acids is 2. The maximum Gasteiger partial charge on any atom is 0.269 e. The molecule has 6 rings (SSSR count). The van der Waals surface area contributed by atoms with E-state index in [1.807, 2.05) is 48.2 Å². The summed E-state index contributed by atoms with van der Waals surface area (Å²) in [6.45, 7) is 4.06. The molecule has 2 atom stereocenters. The lowest BCUT2D eigenvalue weighted by atomic mass is 10.0. The van der Waals surface area contributed by atoms with E-state index in [1.165, 1.54) is 22.9 Å². The minimum Gasteiger partial charge on any atom is -0.295 e. The standard InChI is InChI=1S/C27H24ClN3O2S/c1-18-25(32)31(22-12-10-21(28)11-13-22)27(34-18)23-8-4-5-9-24(23)30(26(27)33)17-29-15-14-19-6-2-3-7-20(19)16-29/h2-13,18H,14-17H2,1H3/t18-,27-/m1/s1. The predicted molar refractivity (Wildman–Crippen MR) is 137 cm³/mol. The zero-order valence-corrected chi connectivity index (χ0v) is 20.4. The molecule has 0 aromatic heterocycles. The highest BCUT2D eigenvalue weighted by Gasteiger charge is 2.63. The van der Waals surface area contributed by atoms with Crippen LogP contribution in [0.5, 0.6) is 0 Å². The molecule has 3 aliphatic heterocycles. The molecule has 3 heterocycles. The number of carbonyl (C=O) groups is 2. The topological polar surface area (TPSA) is 43.9 Å². The first kappa shape index (κ1) is 21.7. The quantitative estimate of drug-likeness (QED) is 0.518. The fourth-order valence-electron chi connectivity index (χ4n) is 5.34. The van der Waals surface area contributed by atoms with Crippen molar-refractivity contribution in [1.29, 1.82) is 0 Å². The van der Waals surface area contributed by atoms with Crippen LogP contribution >= 0.6 is 23.4 Å². The van der Waals surface area contributed by atoms with Gasteiger partial charge in [0.15, 0.2) is 0 Å². The summed E-state index contributed by atoms with van der Waals surface area (Å²) in [4.78, 5) is 32.5. The molecule has 3 aliphatic rings. The molecular formula is C27H24ClN3O2S. The molecular weight excluding hydrogens is 466 g/mol. The smallest absolute Gasteiger partial charge is 0.269 e. The number of hydrogen-bond acceptors (Lipinski definition) is 4. The summed E-state index contributed by atoms with van der Waals surface area (Å²) >= 11 is 7.55. The first-order valence-corrected chi connectivity index (χ1v) is 12.7. The molecule has 0 aliphatic carbocycles. The Hall–Kier alpha value is -2.80. The molecule has 1 fully saturated rings. The van der Waals surface area contributed by atoms with Crippen LogP contribution in [0.4, 0.5) is 11.4 Å². The van der Waals surface area contributed by atoms with Crippen LogP contribution < -0.4 is 9.80 Å². The van der Waals surface area contributed by atoms with Crippen LogP contribution in [0.3, 0.4) is 0 Å². The fraction of sp³-hybridized carbons (Fsp3) is 0.259. The molecule has 172 valence electrons. The van der Waals surface area contributed by atoms with Crippen LogP contribution in [0.15, 0.2) is 72.8 Å². The number of rotatable bonds is 3. The van der Waals surface area contributed by atoms with E-state index < -0.39 is 4.87 Å². The second-order valence-corrected chi connectivity index (χ2v) is 11.0. The lowest BCUT2D eigenvalue weighted by Crippen LogP contribution is -2.52. The molecule has 0 bridgehead atoms. The first-order valence-electron chi connectivity index (χ1n) is 11.5. The second kappa shape index (κ2) is 8.15. The van der Waals surface area contributed by atoms with Gasteiger partial charge in [0.2, 0.25) is 10.8 Å². The summed E-state index contributed by atoms with van der Waals surface area (Å²) in [6, 6.07) is 23.6. The van der Waals surface area contributed by atoms with Gasteiger partial charge >= 0.3 is 0 Å². The van der Waals surface area contributed by atoms with E-state index in [2.05, 4.69) is 29.2 Å². The van der Waals surface area contributed by atoms with Crippen LogP contribution in [0.1, 0.15) is 23.6 Å². The van der Waals surface area contributed by atoms with Gasteiger partial charge in [-0.3, -0.25) is 24.3 Å². The molecule has 5 nitrogen and oxygen atoms in total. The van der Waals surface area contributed by atoms with Crippen molar-refractivity contribution in [2.75, 3.05) is 23.0 Å². The Morgan fingerprint density at radius 2 is 1.68 bits per heavy atom. The van der Waals surface area contributed by atoms with Gasteiger partial charge in [0.25, 0.3) is 5.91 Å². The third kappa shape index (κ3) is 3.20. The van der Waals surface area contributed by atoms with Gasteiger partial charge in [-0.2, -0.15) is 0 Å². The Morgan fingerprint density at radius 1 is 0.971 bits per heavy atom. The van der Waals surface area contributed by atoms with Gasteiger partial charge in [-0.25, -0.2) is 0 Å². The van der Waals surface area contributed by atoms with E-state index in [-0.39, 0.29) is 17.1 Å². The van der Waals surface area contributed by atoms with Crippen molar-refractivity contribution >= 4 is 46.6 Å². The van der Waals surface area contributed by atoms with E-state index in [0.717, 1.165) is 30.8 Å². The van der Waals surface area contributed by atoms with Gasteiger partial charge in [0, 0.05) is 29.4 Å². The largest absolute Gasteiger partial charge is 0.295 e. The van der Waals surface area contributed by atoms with Crippen molar-refractivity contribution in [3.05, 3.63) is 94.5 Å². The molecule has 2 amide bonds. The number of benzene rings is 3. The Balaban J connectivity index is 1.40. The molecule has 0 unspecified atom stereocenters. The van der Waals surface area contributed by atoms with Crippen LogP contribution in [-0.2, 0) is 27.4 Å². The van der Waals surface area contributed by atoms with Crippen molar-refractivity contribution in [2.45, 2.75) is 30.0 Å². The molecule has 3 aromatic rings. The van der Waals surface area contributed by atoms with Gasteiger partial charge in [0.05, 0.1) is 17.6 Å². The number of fused-ring (bicyclic) bond motifs is 3. The van der Waals surface area contributed by atoms with Gasteiger partial charge in [-0.1, -0.05) is 54.1 Å². The van der Waals surface area contributed by atoms with Crippen molar-refractivity contribution in [3.8, 4) is 0 Å². The first-order chi connectivity index (χ1) is 16.5. The van der Waals surface area contributed by atoms with Crippen molar-refractivity contribution in [2.24, 2.45) is 0 Å². The number of anilines is 2. The van der Waals surface area contributed by atoms with E-state index in [4.69, 9.17) is 11.6 Å². The molecule has 1 spiro atoms. The van der Waals surface area contributed by atoms with Crippen molar-refractivity contribution < 1.29 is 9.59 Å². The van der Waals surface area contributed by atoms with E-state index in [9.17, 15) is 9.59 Å². The average Bonchev–Trinajstić information content (AvgIpc) is 3.25. The molecule has 3 aromatic carbocycles. The monoisotopic (exact) mass is 489 g/mol. The number of halogens is 1. The number of nitrogens with zero attached hydrogens (tertiary/aromatic N) is 3. The number of amides is 2. The van der Waals surface area contributed by atoms with Gasteiger partial charge < -0.3 is 0 Å². The van der Waals surface area contributed by atoms with Crippen LogP contribution in [-0.4, -0.2) is 35.2 Å². The van der Waals surface area contributed by atoms with Crippen LogP contribution in [0.25, 0.3) is 0 Å². The maximum atomic E-state index is 14.3. The minimum atomic E-state index is -1.12. The number of thioether (sulfide) groups is 1. The highest BCUT2D eigenvalue weighted by atomic mass is 35.5. The van der Waals surface area contributed by atoms with Crippen LogP contribution in [0.2, 0.25) is 5.02 Å². The second-order valence-electron chi connectivity index (χ2n) is 9.02. The van der Waals surface area contributed by atoms with Crippen LogP contribution in [0, 0.1) is 0 Å². The Labute approximate surface area is 208 Å². The Kier molecular flexibility index (Phi) is 5.21.